The van der Waals surface area contributed by atoms with Crippen LogP contribution >= 0.6 is 0 Å². The number of carbonyl (C=O) groups excluding carboxylic acids is 1. The largest absolute Gasteiger partial charge is 0.349 e. The lowest BCUT2D eigenvalue weighted by atomic mass is 10.1. The molecule has 1 N–H and O–H groups in total. The molecule has 3 rings (SSSR count). The number of rotatable bonds is 10. The van der Waals surface area contributed by atoms with Crippen molar-refractivity contribution in [1.29, 1.82) is 0 Å². The van der Waals surface area contributed by atoms with Crippen LogP contribution in [0.3, 0.4) is 0 Å². The van der Waals surface area contributed by atoms with Crippen molar-refractivity contribution < 1.29 is 4.79 Å². The third kappa shape index (κ3) is 5.49. The van der Waals surface area contributed by atoms with E-state index in [9.17, 15) is 4.79 Å². The Morgan fingerprint density at radius 3 is 2.53 bits per heavy atom. The van der Waals surface area contributed by atoms with Crippen molar-refractivity contribution in [3.05, 3.63) is 59.4 Å². The van der Waals surface area contributed by atoms with Crippen LogP contribution in [0.1, 0.15) is 55.2 Å². The summed E-state index contributed by atoms with van der Waals surface area (Å²) in [4.78, 5) is 15.7. The molecule has 0 aliphatic carbocycles. The van der Waals surface area contributed by atoms with Crippen LogP contribution in [-0.4, -0.2) is 50.8 Å². The van der Waals surface area contributed by atoms with E-state index in [4.69, 9.17) is 5.10 Å². The third-order valence-electron chi connectivity index (χ3n) is 6.11. The number of aromatic nitrogens is 3. The Balaban J connectivity index is 1.84. The predicted octanol–water partition coefficient (Wildman–Crippen LogP) is 4.73. The second-order valence-corrected chi connectivity index (χ2v) is 8.66. The second kappa shape index (κ2) is 10.6. The van der Waals surface area contributed by atoms with Gasteiger partial charge in [-0.3, -0.25) is 4.79 Å². The van der Waals surface area contributed by atoms with Crippen molar-refractivity contribution >= 4 is 5.91 Å². The van der Waals surface area contributed by atoms with Gasteiger partial charge >= 0.3 is 0 Å². The number of nitrogens with zero attached hydrogens (tertiary/aromatic N) is 4. The molecule has 0 aliphatic rings. The first-order valence-corrected chi connectivity index (χ1v) is 11.7. The minimum Gasteiger partial charge on any atom is -0.349 e. The summed E-state index contributed by atoms with van der Waals surface area (Å²) in [6.07, 6.45) is 4.00. The minimum atomic E-state index is -0.0896. The van der Waals surface area contributed by atoms with E-state index in [0.717, 1.165) is 55.1 Å². The van der Waals surface area contributed by atoms with Crippen molar-refractivity contribution in [2.75, 3.05) is 19.6 Å². The first-order chi connectivity index (χ1) is 15.3. The Hall–Kier alpha value is -2.86. The zero-order valence-electron chi connectivity index (χ0n) is 20.4. The van der Waals surface area contributed by atoms with E-state index in [1.807, 2.05) is 42.1 Å². The SMILES string of the molecule is CCN(CC)CCCC(C)NC(=O)c1cc(-c2cccn2C)nn1-c1ccc(C)cc1C. The van der Waals surface area contributed by atoms with E-state index in [-0.39, 0.29) is 11.9 Å². The molecule has 0 bridgehead atoms. The van der Waals surface area contributed by atoms with Crippen molar-refractivity contribution in [1.82, 2.24) is 24.6 Å². The molecule has 0 spiro atoms. The molecule has 0 aliphatic heterocycles. The van der Waals surface area contributed by atoms with E-state index in [0.29, 0.717) is 5.69 Å². The Labute approximate surface area is 192 Å². The molecular formula is C26H37N5O. The molecule has 6 nitrogen and oxygen atoms in total. The molecule has 1 amide bonds. The van der Waals surface area contributed by atoms with Crippen molar-refractivity contribution in [3.63, 3.8) is 0 Å². The van der Waals surface area contributed by atoms with Gasteiger partial charge in [0.15, 0.2) is 0 Å². The van der Waals surface area contributed by atoms with Gasteiger partial charge in [0, 0.05) is 19.3 Å². The van der Waals surface area contributed by atoms with Crippen LogP contribution in [0.15, 0.2) is 42.6 Å². The van der Waals surface area contributed by atoms with Crippen LogP contribution in [0.4, 0.5) is 0 Å². The molecule has 0 saturated carbocycles. The van der Waals surface area contributed by atoms with Gasteiger partial charge in [-0.15, -0.1) is 0 Å². The molecule has 3 aromatic rings. The molecule has 6 heteroatoms. The van der Waals surface area contributed by atoms with Gasteiger partial charge in [0.2, 0.25) is 0 Å². The van der Waals surface area contributed by atoms with Gasteiger partial charge in [0.1, 0.15) is 11.4 Å². The monoisotopic (exact) mass is 435 g/mol. The Kier molecular flexibility index (Phi) is 7.91. The fourth-order valence-electron chi connectivity index (χ4n) is 4.15. The fourth-order valence-corrected chi connectivity index (χ4v) is 4.15. The van der Waals surface area contributed by atoms with E-state index < -0.39 is 0 Å². The Bertz CT molecular complexity index is 1040. The van der Waals surface area contributed by atoms with Crippen LogP contribution in [-0.2, 0) is 7.05 Å². The van der Waals surface area contributed by atoms with Gasteiger partial charge < -0.3 is 14.8 Å². The van der Waals surface area contributed by atoms with Crippen LogP contribution in [0.25, 0.3) is 17.1 Å². The summed E-state index contributed by atoms with van der Waals surface area (Å²) < 4.78 is 3.81. The second-order valence-electron chi connectivity index (χ2n) is 8.66. The summed E-state index contributed by atoms with van der Waals surface area (Å²) >= 11 is 0. The number of aryl methyl sites for hydroxylation is 3. The average molecular weight is 436 g/mol. The maximum Gasteiger partial charge on any atom is 0.270 e. The van der Waals surface area contributed by atoms with Gasteiger partial charge in [-0.05, 0) is 83.1 Å². The smallest absolute Gasteiger partial charge is 0.270 e. The molecule has 0 saturated heterocycles. The van der Waals surface area contributed by atoms with E-state index in [1.54, 1.807) is 4.68 Å². The van der Waals surface area contributed by atoms with Crippen LogP contribution in [0.5, 0.6) is 0 Å². The lowest BCUT2D eigenvalue weighted by Gasteiger charge is -2.20. The van der Waals surface area contributed by atoms with Gasteiger partial charge in [0.25, 0.3) is 5.91 Å². The highest BCUT2D eigenvalue weighted by atomic mass is 16.2. The number of hydrogen-bond acceptors (Lipinski definition) is 3. The molecule has 2 heterocycles. The molecule has 2 aromatic heterocycles. The quantitative estimate of drug-likeness (QED) is 0.501. The molecule has 32 heavy (non-hydrogen) atoms. The lowest BCUT2D eigenvalue weighted by molar-refractivity contribution is 0.0929. The molecule has 0 radical (unpaired) electrons. The van der Waals surface area contributed by atoms with Crippen LogP contribution in [0.2, 0.25) is 0 Å². The van der Waals surface area contributed by atoms with E-state index >= 15 is 0 Å². The highest BCUT2D eigenvalue weighted by molar-refractivity contribution is 5.94. The number of amides is 1. The zero-order chi connectivity index (χ0) is 23.3. The summed E-state index contributed by atoms with van der Waals surface area (Å²) in [7, 11) is 1.99. The van der Waals surface area contributed by atoms with Crippen molar-refractivity contribution in [3.8, 4) is 17.1 Å². The zero-order valence-corrected chi connectivity index (χ0v) is 20.4. The first kappa shape index (κ1) is 23.8. The van der Waals surface area contributed by atoms with Crippen LogP contribution in [0, 0.1) is 13.8 Å². The number of nitrogens with one attached hydrogen (secondary N) is 1. The number of carbonyl (C=O) groups is 1. The molecular weight excluding hydrogens is 398 g/mol. The summed E-state index contributed by atoms with van der Waals surface area (Å²) in [6, 6.07) is 12.2. The normalized spacial score (nSPS) is 12.3. The molecule has 1 unspecified atom stereocenters. The maximum atomic E-state index is 13.3. The Morgan fingerprint density at radius 1 is 1.16 bits per heavy atom. The maximum absolute atomic E-state index is 13.3. The standard InChI is InChI=1S/C26H37N5O/c1-7-30(8-2)16-9-11-21(5)27-26(32)25-18-22(24-12-10-15-29(24)6)28-31(25)23-14-13-19(3)17-20(23)4/h10,12-15,17-18,21H,7-9,11,16H2,1-6H3,(H,27,32). The van der Waals surface area contributed by atoms with Gasteiger partial charge in [0.05, 0.1) is 11.4 Å². The third-order valence-corrected chi connectivity index (χ3v) is 6.11. The first-order valence-electron chi connectivity index (χ1n) is 11.7. The van der Waals surface area contributed by atoms with E-state index in [2.05, 4.69) is 57.0 Å². The highest BCUT2D eigenvalue weighted by Crippen LogP contribution is 2.24. The summed E-state index contributed by atoms with van der Waals surface area (Å²) in [5.74, 6) is -0.0896. The van der Waals surface area contributed by atoms with Gasteiger partial charge in [-0.2, -0.15) is 5.10 Å². The van der Waals surface area contributed by atoms with Crippen molar-refractivity contribution in [2.24, 2.45) is 7.05 Å². The summed E-state index contributed by atoms with van der Waals surface area (Å²) in [6.45, 7) is 13.8. The van der Waals surface area contributed by atoms with E-state index in [1.165, 1.54) is 5.56 Å². The number of benzene rings is 1. The van der Waals surface area contributed by atoms with Crippen molar-refractivity contribution in [2.45, 2.75) is 53.5 Å². The average Bonchev–Trinajstić information content (AvgIpc) is 3.37. The number of hydrogen-bond donors (Lipinski definition) is 1. The summed E-state index contributed by atoms with van der Waals surface area (Å²) in [5.41, 5.74) is 5.53. The lowest BCUT2D eigenvalue weighted by Crippen LogP contribution is -2.34. The molecule has 172 valence electrons. The minimum absolute atomic E-state index is 0.0896. The highest BCUT2D eigenvalue weighted by Gasteiger charge is 2.21. The summed E-state index contributed by atoms with van der Waals surface area (Å²) in [5, 5.41) is 8.03. The van der Waals surface area contributed by atoms with Gasteiger partial charge in [-0.25, -0.2) is 4.68 Å². The molecule has 1 aromatic carbocycles. The fraction of sp³-hybridized carbons (Fsp3) is 0.462. The predicted molar refractivity (Wildman–Crippen MR) is 131 cm³/mol. The Morgan fingerprint density at radius 2 is 1.91 bits per heavy atom. The molecule has 1 atom stereocenters. The topological polar surface area (TPSA) is 55.1 Å². The van der Waals surface area contributed by atoms with Gasteiger partial charge in [-0.1, -0.05) is 31.5 Å². The molecule has 0 fully saturated rings. The van der Waals surface area contributed by atoms with Crippen LogP contribution < -0.4 is 5.32 Å².